The third-order valence-electron chi connectivity index (χ3n) is 6.05. The smallest absolute Gasteiger partial charge is 0.229 e. The summed E-state index contributed by atoms with van der Waals surface area (Å²) in [6.07, 6.45) is -6.76. The number of hydrogen-bond donors (Lipinski definition) is 6. The molecule has 0 saturated carbocycles. The predicted octanol–water partition coefficient (Wildman–Crippen LogP) is 0.0757. The Bertz CT molecular complexity index is 1350. The van der Waals surface area contributed by atoms with Crippen molar-refractivity contribution in [2.24, 2.45) is 0 Å². The molecule has 0 spiro atoms. The minimum absolute atomic E-state index is 0.0535. The lowest BCUT2D eigenvalue weighted by Crippen LogP contribution is -2.60. The molecule has 0 bridgehead atoms. The van der Waals surface area contributed by atoms with Crippen LogP contribution >= 0.6 is 0 Å². The second kappa shape index (κ2) is 10.3. The van der Waals surface area contributed by atoms with E-state index < -0.39 is 48.5 Å². The van der Waals surface area contributed by atoms with Crippen molar-refractivity contribution in [1.82, 2.24) is 0 Å². The highest BCUT2D eigenvalue weighted by Crippen LogP contribution is 2.44. The van der Waals surface area contributed by atoms with Gasteiger partial charge in [0, 0.05) is 17.7 Å². The summed E-state index contributed by atoms with van der Waals surface area (Å²) < 4.78 is 32.1. The topological polar surface area (TPSA) is 198 Å². The third kappa shape index (κ3) is 4.47. The van der Waals surface area contributed by atoms with Gasteiger partial charge < -0.3 is 58.7 Å². The Morgan fingerprint density at radius 1 is 0.865 bits per heavy atom. The number of hydrogen-bond acceptors (Lipinski definition) is 13. The Kier molecular flexibility index (Phi) is 7.34. The third-order valence-corrected chi connectivity index (χ3v) is 6.05. The van der Waals surface area contributed by atoms with Crippen LogP contribution in [0, 0.1) is 0 Å². The lowest BCUT2D eigenvalue weighted by molar-refractivity contribution is -0.277. The molecule has 4 rings (SSSR count). The van der Waals surface area contributed by atoms with Gasteiger partial charge in [-0.1, -0.05) is 0 Å². The van der Waals surface area contributed by atoms with Crippen molar-refractivity contribution in [3.05, 3.63) is 34.7 Å². The van der Waals surface area contributed by atoms with E-state index in [1.807, 2.05) is 0 Å². The minimum Gasteiger partial charge on any atom is -0.504 e. The van der Waals surface area contributed by atoms with Crippen LogP contribution < -0.4 is 24.4 Å². The molecule has 37 heavy (non-hydrogen) atoms. The summed E-state index contributed by atoms with van der Waals surface area (Å²) in [4.78, 5) is 13.4. The number of methoxy groups -OCH3 is 3. The van der Waals surface area contributed by atoms with Gasteiger partial charge in [0.2, 0.25) is 17.5 Å². The maximum atomic E-state index is 13.4. The maximum Gasteiger partial charge on any atom is 0.229 e. The lowest BCUT2D eigenvalue weighted by atomic mass is 9.99. The van der Waals surface area contributed by atoms with Crippen LogP contribution in [0.15, 0.2) is 33.7 Å². The fraction of sp³-hybridized carbons (Fsp3) is 0.375. The van der Waals surface area contributed by atoms with Gasteiger partial charge in [0.25, 0.3) is 0 Å². The zero-order valence-electron chi connectivity index (χ0n) is 19.9. The summed E-state index contributed by atoms with van der Waals surface area (Å²) >= 11 is 0. The number of fused-ring (bicyclic) bond motifs is 1. The van der Waals surface area contributed by atoms with Gasteiger partial charge in [-0.05, 0) is 6.07 Å². The zero-order valence-corrected chi connectivity index (χ0v) is 19.9. The molecule has 1 aromatic heterocycles. The van der Waals surface area contributed by atoms with E-state index in [-0.39, 0.29) is 50.8 Å². The normalized spacial score (nSPS) is 23.6. The summed E-state index contributed by atoms with van der Waals surface area (Å²) in [6, 6.07) is 3.83. The van der Waals surface area contributed by atoms with Gasteiger partial charge in [0.05, 0.1) is 33.5 Å². The molecule has 200 valence electrons. The van der Waals surface area contributed by atoms with E-state index in [1.165, 1.54) is 39.5 Å². The van der Waals surface area contributed by atoms with Gasteiger partial charge in [-0.25, -0.2) is 0 Å². The molecular weight excluding hydrogens is 496 g/mol. The molecule has 0 amide bonds. The molecular formula is C24H26O13. The van der Waals surface area contributed by atoms with Crippen LogP contribution in [0.2, 0.25) is 0 Å². The minimum atomic E-state index is -1.73. The number of phenols is 2. The first kappa shape index (κ1) is 26.3. The van der Waals surface area contributed by atoms with Crippen LogP contribution in [-0.4, -0.2) is 89.3 Å². The summed E-state index contributed by atoms with van der Waals surface area (Å²) in [5.74, 6) is -1.17. The monoisotopic (exact) mass is 522 g/mol. The lowest BCUT2D eigenvalue weighted by Gasteiger charge is -2.39. The standard InChI is InChI=1S/C24H26O13/c1-32-12-5-13(33-2)11(26)4-9(12)10-8-35-14-6-15(23(34-3)20(29)17(14)18(10)27)36-24-22(31)21(30)19(28)16(7-25)37-24/h4-6,8,16,19,21-22,24-26,28-31H,7H2,1-3H3. The van der Waals surface area contributed by atoms with Crippen molar-refractivity contribution < 1.29 is 58.7 Å². The van der Waals surface area contributed by atoms with E-state index in [0.29, 0.717) is 0 Å². The molecule has 1 saturated heterocycles. The largest absolute Gasteiger partial charge is 0.504 e. The number of aliphatic hydroxyl groups excluding tert-OH is 4. The molecule has 0 radical (unpaired) electrons. The number of rotatable bonds is 7. The van der Waals surface area contributed by atoms with Crippen LogP contribution in [0.3, 0.4) is 0 Å². The Morgan fingerprint density at radius 2 is 1.57 bits per heavy atom. The van der Waals surface area contributed by atoms with E-state index in [2.05, 4.69) is 0 Å². The molecule has 6 N–H and O–H groups in total. The highest BCUT2D eigenvalue weighted by atomic mass is 16.7. The molecule has 13 heteroatoms. The van der Waals surface area contributed by atoms with E-state index in [9.17, 15) is 35.4 Å². The average molecular weight is 522 g/mol. The zero-order chi connectivity index (χ0) is 27.0. The first-order chi connectivity index (χ1) is 17.7. The van der Waals surface area contributed by atoms with E-state index >= 15 is 0 Å². The number of aromatic hydroxyl groups is 2. The van der Waals surface area contributed by atoms with Crippen LogP contribution in [0.1, 0.15) is 0 Å². The van der Waals surface area contributed by atoms with Crippen LogP contribution in [0.5, 0.6) is 34.5 Å². The molecule has 5 atom stereocenters. The van der Waals surface area contributed by atoms with Crippen molar-refractivity contribution in [3.63, 3.8) is 0 Å². The second-order valence-corrected chi connectivity index (χ2v) is 8.15. The van der Waals surface area contributed by atoms with E-state index in [0.717, 1.165) is 6.26 Å². The molecule has 13 nitrogen and oxygen atoms in total. The van der Waals surface area contributed by atoms with E-state index in [4.69, 9.17) is 28.1 Å². The van der Waals surface area contributed by atoms with Gasteiger partial charge in [0.15, 0.2) is 23.0 Å². The quantitative estimate of drug-likeness (QED) is 0.244. The predicted molar refractivity (Wildman–Crippen MR) is 125 cm³/mol. The number of aliphatic hydroxyl groups is 4. The van der Waals surface area contributed by atoms with Crippen molar-refractivity contribution in [3.8, 4) is 45.6 Å². The molecule has 0 aliphatic carbocycles. The van der Waals surface area contributed by atoms with Crippen molar-refractivity contribution in [1.29, 1.82) is 0 Å². The first-order valence-electron chi connectivity index (χ1n) is 10.9. The Morgan fingerprint density at radius 3 is 2.19 bits per heavy atom. The Balaban J connectivity index is 1.81. The van der Waals surface area contributed by atoms with Gasteiger partial charge in [0.1, 0.15) is 47.4 Å². The van der Waals surface area contributed by atoms with E-state index in [1.54, 1.807) is 0 Å². The summed E-state index contributed by atoms with van der Waals surface area (Å²) in [5.41, 5.74) is -0.721. The Hall–Kier alpha value is -3.75. The average Bonchev–Trinajstić information content (AvgIpc) is 2.89. The number of benzene rings is 2. The molecule has 5 unspecified atom stereocenters. The van der Waals surface area contributed by atoms with Crippen LogP contribution in [0.25, 0.3) is 22.1 Å². The van der Waals surface area contributed by atoms with Gasteiger partial charge in [-0.2, -0.15) is 0 Å². The van der Waals surface area contributed by atoms with Crippen LogP contribution in [-0.2, 0) is 4.74 Å². The summed E-state index contributed by atoms with van der Waals surface area (Å²) in [5, 5.41) is 60.5. The van der Waals surface area contributed by atoms with Crippen LogP contribution in [0.4, 0.5) is 0 Å². The highest BCUT2D eigenvalue weighted by Gasteiger charge is 2.45. The fourth-order valence-corrected chi connectivity index (χ4v) is 4.08. The molecule has 2 aromatic carbocycles. The van der Waals surface area contributed by atoms with Gasteiger partial charge >= 0.3 is 0 Å². The van der Waals surface area contributed by atoms with Crippen molar-refractivity contribution in [2.75, 3.05) is 27.9 Å². The molecule has 3 aromatic rings. The molecule has 1 aliphatic rings. The second-order valence-electron chi connectivity index (χ2n) is 8.15. The molecule has 2 heterocycles. The summed E-state index contributed by atoms with van der Waals surface area (Å²) in [7, 11) is 3.91. The van der Waals surface area contributed by atoms with Gasteiger partial charge in [-0.15, -0.1) is 0 Å². The van der Waals surface area contributed by atoms with Crippen molar-refractivity contribution >= 4 is 11.0 Å². The molecule has 1 fully saturated rings. The number of phenolic OH excluding ortho intramolecular Hbond substituents is 2. The summed E-state index contributed by atoms with van der Waals surface area (Å²) in [6.45, 7) is -0.674. The fourth-order valence-electron chi connectivity index (χ4n) is 4.08. The number of ether oxygens (including phenoxy) is 5. The first-order valence-corrected chi connectivity index (χ1v) is 10.9. The highest BCUT2D eigenvalue weighted by molar-refractivity contribution is 5.92. The molecule has 1 aliphatic heterocycles. The van der Waals surface area contributed by atoms with Gasteiger partial charge in [-0.3, -0.25) is 4.79 Å². The maximum absolute atomic E-state index is 13.4. The van der Waals surface area contributed by atoms with Crippen molar-refractivity contribution in [2.45, 2.75) is 30.7 Å². The SMILES string of the molecule is COc1cc(OC)c(-c2coc3cc(OC4OC(CO)C(O)C(O)C4O)c(OC)c(O)c3c2=O)cc1O. The Labute approximate surface area is 209 Å².